The molecule has 0 bridgehead atoms. The fourth-order valence-corrected chi connectivity index (χ4v) is 3.39. The first-order chi connectivity index (χ1) is 10.3. The second-order valence-corrected chi connectivity index (χ2v) is 6.10. The third-order valence-corrected chi connectivity index (χ3v) is 4.50. The molecule has 0 unspecified atom stereocenters. The van der Waals surface area contributed by atoms with E-state index in [-0.39, 0.29) is 0 Å². The lowest BCUT2D eigenvalue weighted by Crippen LogP contribution is -2.11. The van der Waals surface area contributed by atoms with E-state index >= 15 is 0 Å². The van der Waals surface area contributed by atoms with Gasteiger partial charge in [0.25, 0.3) is 0 Å². The topological polar surface area (TPSA) is 24.9 Å². The quantitative estimate of drug-likeness (QED) is 0.844. The maximum Gasteiger partial charge on any atom is 0.0726 e. The lowest BCUT2D eigenvalue weighted by Gasteiger charge is -2.21. The average Bonchev–Trinajstić information content (AvgIpc) is 2.53. The molecule has 0 spiro atoms. The molecule has 0 saturated carbocycles. The molecule has 2 aromatic rings. The fourth-order valence-electron chi connectivity index (χ4n) is 3.39. The zero-order valence-electron chi connectivity index (χ0n) is 13.3. The van der Waals surface area contributed by atoms with Crippen LogP contribution in [0.1, 0.15) is 56.4 Å². The summed E-state index contributed by atoms with van der Waals surface area (Å²) in [6.07, 6.45) is 8.59. The summed E-state index contributed by atoms with van der Waals surface area (Å²) in [5.74, 6) is 0. The van der Waals surface area contributed by atoms with Crippen LogP contribution in [0.15, 0.2) is 18.2 Å². The summed E-state index contributed by atoms with van der Waals surface area (Å²) in [4.78, 5) is 4.94. The summed E-state index contributed by atoms with van der Waals surface area (Å²) in [6, 6.07) is 6.84. The van der Waals surface area contributed by atoms with Crippen molar-refractivity contribution in [2.24, 2.45) is 0 Å². The Balaban J connectivity index is 2.12. The molecule has 0 fully saturated rings. The number of nitrogens with one attached hydrogen (secondary N) is 1. The van der Waals surface area contributed by atoms with Gasteiger partial charge < -0.3 is 5.32 Å². The monoisotopic (exact) mass is 282 g/mol. The first-order valence-electron chi connectivity index (χ1n) is 8.51. The van der Waals surface area contributed by atoms with E-state index in [1.165, 1.54) is 66.4 Å². The number of fused-ring (bicyclic) bond motifs is 2. The van der Waals surface area contributed by atoms with Crippen LogP contribution in [0.4, 0.5) is 5.69 Å². The van der Waals surface area contributed by atoms with Crippen LogP contribution in [0.25, 0.3) is 10.9 Å². The van der Waals surface area contributed by atoms with E-state index in [0.717, 1.165) is 18.5 Å². The number of aromatic nitrogens is 1. The number of hydrogen-bond donors (Lipinski definition) is 1. The summed E-state index contributed by atoms with van der Waals surface area (Å²) in [6.45, 7) is 5.41. The average molecular weight is 282 g/mol. The molecule has 1 aliphatic carbocycles. The molecule has 0 saturated heterocycles. The standard InChI is InChI=1S/C19H26N2/c1-3-5-8-14-11-12-18-16(13-14)19(20-4-2)15-9-6-7-10-17(15)21-18/h11-13H,3-10H2,1-2H3,(H,20,21). The molecule has 1 aromatic heterocycles. The van der Waals surface area contributed by atoms with E-state index in [2.05, 4.69) is 37.4 Å². The summed E-state index contributed by atoms with van der Waals surface area (Å²) in [7, 11) is 0. The first-order valence-corrected chi connectivity index (χ1v) is 8.51. The van der Waals surface area contributed by atoms with E-state index in [4.69, 9.17) is 4.98 Å². The molecule has 1 aromatic carbocycles. The van der Waals surface area contributed by atoms with Crippen LogP contribution in [0.3, 0.4) is 0 Å². The second kappa shape index (κ2) is 6.46. The molecule has 0 radical (unpaired) electrons. The van der Waals surface area contributed by atoms with Crippen molar-refractivity contribution in [2.45, 2.75) is 58.8 Å². The number of unbranched alkanes of at least 4 members (excludes halogenated alkanes) is 1. The van der Waals surface area contributed by atoms with Gasteiger partial charge >= 0.3 is 0 Å². The molecule has 2 nitrogen and oxygen atoms in total. The fraction of sp³-hybridized carbons (Fsp3) is 0.526. The van der Waals surface area contributed by atoms with Gasteiger partial charge in [-0.1, -0.05) is 19.4 Å². The van der Waals surface area contributed by atoms with E-state index in [1.807, 2.05) is 0 Å². The SMILES string of the molecule is CCCCc1ccc2nc3c(c(NCC)c2c1)CCCC3. The molecule has 0 aliphatic heterocycles. The van der Waals surface area contributed by atoms with Gasteiger partial charge in [0.05, 0.1) is 5.52 Å². The van der Waals surface area contributed by atoms with Gasteiger partial charge in [0, 0.05) is 23.3 Å². The molecule has 21 heavy (non-hydrogen) atoms. The molecular formula is C19H26N2. The van der Waals surface area contributed by atoms with Gasteiger partial charge in [-0.15, -0.1) is 0 Å². The Bertz CT molecular complexity index is 631. The van der Waals surface area contributed by atoms with Gasteiger partial charge in [-0.25, -0.2) is 0 Å². The van der Waals surface area contributed by atoms with Crippen molar-refractivity contribution < 1.29 is 0 Å². The zero-order chi connectivity index (χ0) is 14.7. The Morgan fingerprint density at radius 3 is 2.81 bits per heavy atom. The van der Waals surface area contributed by atoms with Crippen LogP contribution in [0.5, 0.6) is 0 Å². The predicted octanol–water partition coefficient (Wildman–Crippen LogP) is 4.89. The van der Waals surface area contributed by atoms with Crippen molar-refractivity contribution in [3.8, 4) is 0 Å². The van der Waals surface area contributed by atoms with Crippen LogP contribution in [0, 0.1) is 0 Å². The number of aryl methyl sites for hydroxylation is 2. The molecule has 1 heterocycles. The van der Waals surface area contributed by atoms with Gasteiger partial charge in [0.2, 0.25) is 0 Å². The lowest BCUT2D eigenvalue weighted by atomic mass is 9.92. The molecule has 2 heteroatoms. The highest BCUT2D eigenvalue weighted by atomic mass is 14.9. The van der Waals surface area contributed by atoms with Crippen LogP contribution < -0.4 is 5.32 Å². The Kier molecular flexibility index (Phi) is 4.42. The van der Waals surface area contributed by atoms with Gasteiger partial charge in [0.1, 0.15) is 0 Å². The Hall–Kier alpha value is -1.57. The van der Waals surface area contributed by atoms with Crippen molar-refractivity contribution in [1.29, 1.82) is 0 Å². The number of rotatable bonds is 5. The predicted molar refractivity (Wildman–Crippen MR) is 91.2 cm³/mol. The second-order valence-electron chi connectivity index (χ2n) is 6.10. The first kappa shape index (κ1) is 14.4. The summed E-state index contributed by atoms with van der Waals surface area (Å²) < 4.78 is 0. The summed E-state index contributed by atoms with van der Waals surface area (Å²) in [5, 5.41) is 4.95. The van der Waals surface area contributed by atoms with Gasteiger partial charge in [-0.05, 0) is 68.7 Å². The molecule has 112 valence electrons. The Morgan fingerprint density at radius 2 is 2.00 bits per heavy atom. The molecule has 1 N–H and O–H groups in total. The number of hydrogen-bond acceptors (Lipinski definition) is 2. The summed E-state index contributed by atoms with van der Waals surface area (Å²) in [5.41, 5.74) is 6.76. The number of benzene rings is 1. The Morgan fingerprint density at radius 1 is 1.14 bits per heavy atom. The number of pyridine rings is 1. The highest BCUT2D eigenvalue weighted by Gasteiger charge is 2.17. The highest BCUT2D eigenvalue weighted by molar-refractivity contribution is 5.94. The molecule has 3 rings (SSSR count). The molecular weight excluding hydrogens is 256 g/mol. The van der Waals surface area contributed by atoms with Crippen LogP contribution in [-0.2, 0) is 19.3 Å². The van der Waals surface area contributed by atoms with Crippen LogP contribution >= 0.6 is 0 Å². The van der Waals surface area contributed by atoms with Gasteiger partial charge in [-0.2, -0.15) is 0 Å². The van der Waals surface area contributed by atoms with Gasteiger partial charge in [-0.3, -0.25) is 4.98 Å². The van der Waals surface area contributed by atoms with E-state index in [9.17, 15) is 0 Å². The highest BCUT2D eigenvalue weighted by Crippen LogP contribution is 2.33. The van der Waals surface area contributed by atoms with E-state index < -0.39 is 0 Å². The van der Waals surface area contributed by atoms with E-state index in [1.54, 1.807) is 0 Å². The van der Waals surface area contributed by atoms with E-state index in [0.29, 0.717) is 0 Å². The maximum atomic E-state index is 4.94. The van der Waals surface area contributed by atoms with Crippen molar-refractivity contribution in [3.05, 3.63) is 35.0 Å². The van der Waals surface area contributed by atoms with Crippen molar-refractivity contribution in [2.75, 3.05) is 11.9 Å². The zero-order valence-corrected chi connectivity index (χ0v) is 13.3. The number of anilines is 1. The maximum absolute atomic E-state index is 4.94. The molecule has 0 amide bonds. The van der Waals surface area contributed by atoms with Crippen LogP contribution in [-0.4, -0.2) is 11.5 Å². The van der Waals surface area contributed by atoms with Crippen molar-refractivity contribution in [3.63, 3.8) is 0 Å². The van der Waals surface area contributed by atoms with Crippen molar-refractivity contribution >= 4 is 16.6 Å². The minimum absolute atomic E-state index is 0.977. The normalized spacial score (nSPS) is 14.2. The molecule has 1 aliphatic rings. The Labute approximate surface area is 128 Å². The largest absolute Gasteiger partial charge is 0.384 e. The minimum atomic E-state index is 0.977. The third-order valence-electron chi connectivity index (χ3n) is 4.50. The smallest absolute Gasteiger partial charge is 0.0726 e. The third kappa shape index (κ3) is 2.90. The van der Waals surface area contributed by atoms with Crippen molar-refractivity contribution in [1.82, 2.24) is 4.98 Å². The minimum Gasteiger partial charge on any atom is -0.384 e. The van der Waals surface area contributed by atoms with Crippen LogP contribution in [0.2, 0.25) is 0 Å². The molecule has 0 atom stereocenters. The summed E-state index contributed by atoms with van der Waals surface area (Å²) >= 11 is 0. The van der Waals surface area contributed by atoms with Gasteiger partial charge in [0.15, 0.2) is 0 Å². The number of nitrogens with zero attached hydrogens (tertiary/aromatic N) is 1. The lowest BCUT2D eigenvalue weighted by molar-refractivity contribution is 0.672.